The Morgan fingerprint density at radius 1 is 1.18 bits per heavy atom. The van der Waals surface area contributed by atoms with Crippen molar-refractivity contribution in [2.75, 3.05) is 18.4 Å². The fraction of sp³-hybridized carbons (Fsp3) is 0.367. The normalized spacial score (nSPS) is 14.3. The summed E-state index contributed by atoms with van der Waals surface area (Å²) < 4.78 is 8.78. The Balaban J connectivity index is 1.35. The summed E-state index contributed by atoms with van der Waals surface area (Å²) in [4.78, 5) is 40.8. The summed E-state index contributed by atoms with van der Waals surface area (Å²) in [6.45, 7) is 13.2. The van der Waals surface area contributed by atoms with Gasteiger partial charge in [-0.15, -0.1) is 6.58 Å². The van der Waals surface area contributed by atoms with Crippen molar-refractivity contribution in [2.24, 2.45) is 0 Å². The van der Waals surface area contributed by atoms with Crippen LogP contribution in [0.15, 0.2) is 66.2 Å². The lowest BCUT2D eigenvalue weighted by Gasteiger charge is -2.34. The first-order valence-corrected chi connectivity index (χ1v) is 13.5. The third-order valence-electron chi connectivity index (χ3n) is 6.96. The molecule has 0 unspecified atom stereocenters. The summed E-state index contributed by atoms with van der Waals surface area (Å²) in [7, 11) is 0. The van der Waals surface area contributed by atoms with Crippen LogP contribution in [0.25, 0.3) is 16.9 Å². The van der Waals surface area contributed by atoms with Gasteiger partial charge in [-0.1, -0.05) is 18.2 Å². The van der Waals surface area contributed by atoms with E-state index >= 15 is 0 Å². The number of pyridine rings is 1. The highest BCUT2D eigenvalue weighted by atomic mass is 16.6. The number of hydrogen-bond donors (Lipinski definition) is 1. The Kier molecular flexibility index (Phi) is 7.42. The molecule has 10 heteroatoms. The second-order valence-electron chi connectivity index (χ2n) is 11.0. The number of allylic oxidation sites excluding steroid dienone is 1. The molecule has 208 valence electrons. The number of nitrogens with one attached hydrogen (secondary N) is 1. The first-order valence-electron chi connectivity index (χ1n) is 13.5. The largest absolute Gasteiger partial charge is 0.444 e. The number of nitrogens with zero attached hydrogens (tertiary/aromatic N) is 6. The summed E-state index contributed by atoms with van der Waals surface area (Å²) in [5, 5.41) is 3.70. The third-order valence-corrected chi connectivity index (χ3v) is 6.96. The molecule has 1 fully saturated rings. The zero-order chi connectivity index (χ0) is 28.4. The van der Waals surface area contributed by atoms with Crippen LogP contribution in [0.3, 0.4) is 0 Å². The molecule has 0 radical (unpaired) electrons. The molecular formula is C30H35N7O3. The van der Waals surface area contributed by atoms with E-state index < -0.39 is 5.60 Å². The van der Waals surface area contributed by atoms with Gasteiger partial charge in [-0.25, -0.2) is 24.1 Å². The van der Waals surface area contributed by atoms with Crippen LogP contribution in [0.4, 0.5) is 16.4 Å². The second-order valence-corrected chi connectivity index (χ2v) is 11.0. The zero-order valence-electron chi connectivity index (χ0n) is 23.4. The molecule has 1 aliphatic heterocycles. The predicted molar refractivity (Wildman–Crippen MR) is 155 cm³/mol. The number of ether oxygens (including phenoxy) is 1. The molecule has 5 rings (SSSR count). The number of aromatic nitrogens is 5. The first kappa shape index (κ1) is 27.1. The van der Waals surface area contributed by atoms with Crippen molar-refractivity contribution < 1.29 is 9.53 Å². The van der Waals surface area contributed by atoms with Gasteiger partial charge in [0.1, 0.15) is 11.0 Å². The number of fused-ring (bicyclic) bond motifs is 1. The molecule has 1 aromatic carbocycles. The molecule has 1 amide bonds. The average molecular weight is 542 g/mol. The molecule has 1 aliphatic rings. The number of rotatable bonds is 6. The predicted octanol–water partition coefficient (Wildman–Crippen LogP) is 5.33. The molecule has 0 bridgehead atoms. The smallest absolute Gasteiger partial charge is 0.410 e. The molecule has 3 aromatic heterocycles. The minimum atomic E-state index is -0.493. The van der Waals surface area contributed by atoms with Gasteiger partial charge >= 0.3 is 6.09 Å². The van der Waals surface area contributed by atoms with Crippen LogP contribution in [-0.2, 0) is 11.3 Å². The topological polar surface area (TPSA) is 107 Å². The lowest BCUT2D eigenvalue weighted by Crippen LogP contribution is -2.41. The second kappa shape index (κ2) is 11.0. The molecule has 0 spiro atoms. The van der Waals surface area contributed by atoms with E-state index in [0.717, 1.165) is 24.1 Å². The maximum Gasteiger partial charge on any atom is 0.410 e. The maximum absolute atomic E-state index is 13.1. The van der Waals surface area contributed by atoms with Crippen LogP contribution in [-0.4, -0.2) is 54.0 Å². The van der Waals surface area contributed by atoms with Gasteiger partial charge in [0.2, 0.25) is 5.95 Å². The Morgan fingerprint density at radius 3 is 2.60 bits per heavy atom. The molecule has 4 heterocycles. The Labute approximate surface area is 233 Å². The van der Waals surface area contributed by atoms with Crippen LogP contribution in [0.2, 0.25) is 0 Å². The molecule has 1 N–H and O–H groups in total. The van der Waals surface area contributed by atoms with Crippen molar-refractivity contribution in [2.45, 2.75) is 58.6 Å². The van der Waals surface area contributed by atoms with E-state index in [1.807, 2.05) is 45.0 Å². The first-order chi connectivity index (χ1) is 19.1. The van der Waals surface area contributed by atoms with Gasteiger partial charge in [-0.2, -0.15) is 4.98 Å². The molecule has 0 aliphatic carbocycles. The summed E-state index contributed by atoms with van der Waals surface area (Å²) in [5.74, 6) is 1.34. The number of piperidine rings is 1. The number of aryl methyl sites for hydroxylation is 1. The lowest BCUT2D eigenvalue weighted by molar-refractivity contribution is 0.0205. The van der Waals surface area contributed by atoms with Crippen molar-refractivity contribution in [3.63, 3.8) is 0 Å². The average Bonchev–Trinajstić information content (AvgIpc) is 3.19. The van der Waals surface area contributed by atoms with Crippen LogP contribution >= 0.6 is 0 Å². The molecule has 1 saturated heterocycles. The van der Waals surface area contributed by atoms with E-state index in [-0.39, 0.29) is 11.7 Å². The highest BCUT2D eigenvalue weighted by Crippen LogP contribution is 2.32. The number of hydrogen-bond acceptors (Lipinski definition) is 7. The van der Waals surface area contributed by atoms with E-state index in [2.05, 4.69) is 40.9 Å². The minimum Gasteiger partial charge on any atom is -0.444 e. The summed E-state index contributed by atoms with van der Waals surface area (Å²) in [6.07, 6.45) is 6.42. The van der Waals surface area contributed by atoms with Crippen LogP contribution in [0.1, 0.15) is 50.7 Å². The number of likely N-dealkylation sites (tertiary alicyclic amines) is 1. The molecule has 40 heavy (non-hydrogen) atoms. The molecular weight excluding hydrogens is 506 g/mol. The van der Waals surface area contributed by atoms with Crippen molar-refractivity contribution in [3.05, 3.63) is 82.9 Å². The van der Waals surface area contributed by atoms with E-state index in [1.54, 1.807) is 32.7 Å². The van der Waals surface area contributed by atoms with Crippen molar-refractivity contribution >= 4 is 28.8 Å². The number of benzene rings is 1. The van der Waals surface area contributed by atoms with Gasteiger partial charge in [-0.05, 0) is 81.8 Å². The molecule has 0 saturated carbocycles. The fourth-order valence-corrected chi connectivity index (χ4v) is 5.13. The van der Waals surface area contributed by atoms with Crippen LogP contribution < -0.4 is 10.9 Å². The molecule has 4 aromatic rings. The van der Waals surface area contributed by atoms with E-state index in [1.165, 1.54) is 5.56 Å². The fourth-order valence-electron chi connectivity index (χ4n) is 5.13. The Morgan fingerprint density at radius 2 is 1.95 bits per heavy atom. The van der Waals surface area contributed by atoms with Gasteiger partial charge in [0.05, 0.1) is 6.54 Å². The number of amides is 1. The van der Waals surface area contributed by atoms with Gasteiger partial charge in [0.25, 0.3) is 5.56 Å². The third kappa shape index (κ3) is 5.61. The number of carbonyl (C=O) groups is 1. The zero-order valence-corrected chi connectivity index (χ0v) is 23.4. The van der Waals surface area contributed by atoms with Crippen molar-refractivity contribution in [1.29, 1.82) is 0 Å². The van der Waals surface area contributed by atoms with E-state index in [9.17, 15) is 9.59 Å². The number of carbonyl (C=O) groups excluding carboxylic acids is 1. The quantitative estimate of drug-likeness (QED) is 0.329. The monoisotopic (exact) mass is 541 g/mol. The van der Waals surface area contributed by atoms with E-state index in [0.29, 0.717) is 48.4 Å². The van der Waals surface area contributed by atoms with Gasteiger partial charge in [0.15, 0.2) is 11.5 Å². The minimum absolute atomic E-state index is 0.204. The van der Waals surface area contributed by atoms with Crippen LogP contribution in [0, 0.1) is 6.92 Å². The van der Waals surface area contributed by atoms with Crippen molar-refractivity contribution in [1.82, 2.24) is 29.2 Å². The number of anilines is 2. The van der Waals surface area contributed by atoms with Gasteiger partial charge in [-0.3, -0.25) is 4.79 Å². The Bertz CT molecular complexity index is 1590. The highest BCUT2D eigenvalue weighted by molar-refractivity contribution is 5.77. The lowest BCUT2D eigenvalue weighted by atomic mass is 9.87. The molecule has 10 nitrogen and oxygen atoms in total. The van der Waals surface area contributed by atoms with Gasteiger partial charge < -0.3 is 15.0 Å². The maximum atomic E-state index is 13.1. The standard InChI is InChI=1S/C30H35N7O3/c1-6-15-36-27(38)24-19-32-28(34-26(24)37(36)25-9-7-8-14-31-25)33-22-10-11-23(20(2)18-22)21-12-16-35(17-13-21)29(39)40-30(3,4)5/h6-11,14,18-19,21H,1,12-13,15-17H2,2-5H3,(H,32,33,34). The van der Waals surface area contributed by atoms with E-state index in [4.69, 9.17) is 9.72 Å². The summed E-state index contributed by atoms with van der Waals surface area (Å²) in [6, 6.07) is 11.7. The SMILES string of the molecule is C=CCn1c(=O)c2cnc(Nc3ccc(C4CCN(C(=O)OC(C)(C)C)CC4)c(C)c3)nc2n1-c1ccccn1. The highest BCUT2D eigenvalue weighted by Gasteiger charge is 2.28. The molecule has 0 atom stereocenters. The Hall–Kier alpha value is -4.47. The summed E-state index contributed by atoms with van der Waals surface area (Å²) in [5.41, 5.74) is 3.05. The van der Waals surface area contributed by atoms with Gasteiger partial charge in [0, 0.05) is 31.2 Å². The van der Waals surface area contributed by atoms with Crippen molar-refractivity contribution in [3.8, 4) is 5.82 Å². The summed E-state index contributed by atoms with van der Waals surface area (Å²) >= 11 is 0. The van der Waals surface area contributed by atoms with Crippen LogP contribution in [0.5, 0.6) is 0 Å².